The smallest absolute Gasteiger partial charge is 0.225 e. The van der Waals surface area contributed by atoms with Crippen LogP contribution in [0.1, 0.15) is 12.0 Å². The van der Waals surface area contributed by atoms with Crippen LogP contribution in [0.5, 0.6) is 0 Å². The Morgan fingerprint density at radius 2 is 2.44 bits per heavy atom. The van der Waals surface area contributed by atoms with E-state index in [0.717, 1.165) is 17.7 Å². The van der Waals surface area contributed by atoms with Crippen LogP contribution >= 0.6 is 0 Å². The Kier molecular flexibility index (Phi) is 4.52. The van der Waals surface area contributed by atoms with E-state index in [1.54, 1.807) is 6.20 Å². The van der Waals surface area contributed by atoms with Crippen molar-refractivity contribution in [2.24, 2.45) is 5.92 Å². The number of aryl methyl sites for hydroxylation is 1. The number of hydrogen-bond donors (Lipinski definition) is 2. The second-order valence-corrected chi connectivity index (χ2v) is 4.47. The third-order valence-corrected chi connectivity index (χ3v) is 3.06. The molecule has 2 heterocycles. The molecule has 1 saturated heterocycles. The molecule has 0 aliphatic carbocycles. The van der Waals surface area contributed by atoms with Crippen molar-refractivity contribution in [1.82, 2.24) is 10.3 Å². The molecule has 0 spiro atoms. The van der Waals surface area contributed by atoms with Crippen LogP contribution in [0.15, 0.2) is 18.5 Å². The molecule has 0 bridgehead atoms. The molecule has 98 valence electrons. The molecule has 1 aliphatic rings. The zero-order chi connectivity index (χ0) is 12.8. The fourth-order valence-corrected chi connectivity index (χ4v) is 1.94. The topological polar surface area (TPSA) is 63.2 Å². The van der Waals surface area contributed by atoms with Gasteiger partial charge in [-0.2, -0.15) is 0 Å². The fourth-order valence-electron chi connectivity index (χ4n) is 1.94. The fraction of sp³-hybridized carbons (Fsp3) is 0.538. The van der Waals surface area contributed by atoms with E-state index in [1.807, 2.05) is 19.2 Å². The first-order valence-electron chi connectivity index (χ1n) is 6.27. The molecule has 0 radical (unpaired) electrons. The average Bonchev–Trinajstić information content (AvgIpc) is 2.90. The minimum absolute atomic E-state index is 0.0349. The highest BCUT2D eigenvalue weighted by molar-refractivity contribution is 5.79. The summed E-state index contributed by atoms with van der Waals surface area (Å²) in [5.74, 6) is 0.133. The Morgan fingerprint density at radius 1 is 1.56 bits per heavy atom. The van der Waals surface area contributed by atoms with Gasteiger partial charge in [-0.25, -0.2) is 0 Å². The quantitative estimate of drug-likeness (QED) is 0.763. The number of aromatic nitrogens is 1. The second kappa shape index (κ2) is 6.35. The highest BCUT2D eigenvalue weighted by Crippen LogP contribution is 2.12. The van der Waals surface area contributed by atoms with Crippen molar-refractivity contribution < 1.29 is 9.53 Å². The Morgan fingerprint density at radius 3 is 3.17 bits per heavy atom. The van der Waals surface area contributed by atoms with Gasteiger partial charge in [0.15, 0.2) is 0 Å². The molecule has 1 aromatic heterocycles. The molecule has 1 aromatic rings. The number of carbonyl (C=O) groups is 1. The van der Waals surface area contributed by atoms with Crippen molar-refractivity contribution in [2.75, 3.05) is 31.6 Å². The summed E-state index contributed by atoms with van der Waals surface area (Å²) in [6.07, 6.45) is 4.41. The third kappa shape index (κ3) is 3.43. The SMILES string of the molecule is Cc1cnccc1NCCNC(=O)C1CCOC1. The van der Waals surface area contributed by atoms with Crippen LogP contribution in [0.4, 0.5) is 5.69 Å². The lowest BCUT2D eigenvalue weighted by Gasteiger charge is -2.11. The maximum Gasteiger partial charge on any atom is 0.225 e. The zero-order valence-corrected chi connectivity index (χ0v) is 10.6. The van der Waals surface area contributed by atoms with Crippen LogP contribution in [0.2, 0.25) is 0 Å². The number of nitrogens with one attached hydrogen (secondary N) is 2. The van der Waals surface area contributed by atoms with Crippen molar-refractivity contribution in [2.45, 2.75) is 13.3 Å². The molecule has 1 fully saturated rings. The van der Waals surface area contributed by atoms with Crippen LogP contribution < -0.4 is 10.6 Å². The van der Waals surface area contributed by atoms with E-state index in [4.69, 9.17) is 4.74 Å². The number of carbonyl (C=O) groups excluding carboxylic acids is 1. The highest BCUT2D eigenvalue weighted by Gasteiger charge is 2.22. The van der Waals surface area contributed by atoms with Crippen molar-refractivity contribution in [3.8, 4) is 0 Å². The normalized spacial score (nSPS) is 18.6. The van der Waals surface area contributed by atoms with E-state index in [-0.39, 0.29) is 11.8 Å². The van der Waals surface area contributed by atoms with E-state index in [0.29, 0.717) is 26.3 Å². The van der Waals surface area contributed by atoms with Gasteiger partial charge in [-0.15, -0.1) is 0 Å². The van der Waals surface area contributed by atoms with Gasteiger partial charge >= 0.3 is 0 Å². The molecular weight excluding hydrogens is 230 g/mol. The van der Waals surface area contributed by atoms with E-state index >= 15 is 0 Å². The minimum Gasteiger partial charge on any atom is -0.383 e. The summed E-state index contributed by atoms with van der Waals surface area (Å²) in [4.78, 5) is 15.7. The Hall–Kier alpha value is -1.62. The van der Waals surface area contributed by atoms with Gasteiger partial charge in [0.2, 0.25) is 5.91 Å². The van der Waals surface area contributed by atoms with Crippen LogP contribution in [0, 0.1) is 12.8 Å². The average molecular weight is 249 g/mol. The maximum atomic E-state index is 11.7. The molecule has 5 nitrogen and oxygen atoms in total. The Bertz CT molecular complexity index is 403. The van der Waals surface area contributed by atoms with Gasteiger partial charge in [0, 0.05) is 37.8 Å². The summed E-state index contributed by atoms with van der Waals surface area (Å²) in [7, 11) is 0. The van der Waals surface area contributed by atoms with E-state index in [9.17, 15) is 4.79 Å². The minimum atomic E-state index is 0.0349. The summed E-state index contributed by atoms with van der Waals surface area (Å²) < 4.78 is 5.19. The lowest BCUT2D eigenvalue weighted by molar-refractivity contribution is -0.124. The Balaban J connectivity index is 1.67. The molecule has 2 rings (SSSR count). The number of pyridine rings is 1. The third-order valence-electron chi connectivity index (χ3n) is 3.06. The summed E-state index contributed by atoms with van der Waals surface area (Å²) in [6.45, 7) is 4.60. The molecule has 0 saturated carbocycles. The van der Waals surface area contributed by atoms with Crippen molar-refractivity contribution in [3.05, 3.63) is 24.0 Å². The molecule has 0 aromatic carbocycles. The second-order valence-electron chi connectivity index (χ2n) is 4.47. The molecule has 1 atom stereocenters. The summed E-state index contributed by atoms with van der Waals surface area (Å²) in [5, 5.41) is 6.19. The largest absolute Gasteiger partial charge is 0.383 e. The molecule has 2 N–H and O–H groups in total. The van der Waals surface area contributed by atoms with Crippen molar-refractivity contribution >= 4 is 11.6 Å². The lowest BCUT2D eigenvalue weighted by atomic mass is 10.1. The highest BCUT2D eigenvalue weighted by atomic mass is 16.5. The van der Waals surface area contributed by atoms with Gasteiger partial charge < -0.3 is 15.4 Å². The van der Waals surface area contributed by atoms with Gasteiger partial charge in [-0.3, -0.25) is 9.78 Å². The summed E-state index contributed by atoms with van der Waals surface area (Å²) in [5.41, 5.74) is 2.16. The maximum absolute atomic E-state index is 11.7. The zero-order valence-electron chi connectivity index (χ0n) is 10.6. The molecular formula is C13H19N3O2. The standard InChI is InChI=1S/C13H19N3O2/c1-10-8-14-4-2-12(10)15-5-6-16-13(17)11-3-7-18-9-11/h2,4,8,11H,3,5-7,9H2,1H3,(H,14,15)(H,16,17). The van der Waals surface area contributed by atoms with Crippen LogP contribution in [0.25, 0.3) is 0 Å². The summed E-state index contributed by atoms with van der Waals surface area (Å²) in [6, 6.07) is 1.93. The van der Waals surface area contributed by atoms with E-state index in [1.165, 1.54) is 0 Å². The molecule has 1 unspecified atom stereocenters. The van der Waals surface area contributed by atoms with Gasteiger partial charge in [-0.05, 0) is 25.0 Å². The lowest BCUT2D eigenvalue weighted by Crippen LogP contribution is -2.34. The van der Waals surface area contributed by atoms with E-state index < -0.39 is 0 Å². The first kappa shape index (κ1) is 12.8. The molecule has 1 amide bonds. The predicted molar refractivity (Wildman–Crippen MR) is 69.4 cm³/mol. The van der Waals surface area contributed by atoms with Gasteiger partial charge in [0.05, 0.1) is 12.5 Å². The monoisotopic (exact) mass is 249 g/mol. The van der Waals surface area contributed by atoms with Crippen LogP contribution in [-0.2, 0) is 9.53 Å². The first-order valence-corrected chi connectivity index (χ1v) is 6.27. The number of amides is 1. The predicted octanol–water partition coefficient (Wildman–Crippen LogP) is 0.955. The number of rotatable bonds is 5. The number of hydrogen-bond acceptors (Lipinski definition) is 4. The van der Waals surface area contributed by atoms with Crippen LogP contribution in [0.3, 0.4) is 0 Å². The van der Waals surface area contributed by atoms with Crippen molar-refractivity contribution in [1.29, 1.82) is 0 Å². The number of anilines is 1. The number of nitrogens with zero attached hydrogens (tertiary/aromatic N) is 1. The van der Waals surface area contributed by atoms with Gasteiger partial charge in [0.25, 0.3) is 0 Å². The molecule has 18 heavy (non-hydrogen) atoms. The van der Waals surface area contributed by atoms with Crippen molar-refractivity contribution in [3.63, 3.8) is 0 Å². The first-order chi connectivity index (χ1) is 8.77. The molecule has 1 aliphatic heterocycles. The van der Waals surface area contributed by atoms with Gasteiger partial charge in [0.1, 0.15) is 0 Å². The van der Waals surface area contributed by atoms with E-state index in [2.05, 4.69) is 15.6 Å². The Labute approximate surface area is 107 Å². The molecule has 5 heteroatoms. The van der Waals surface area contributed by atoms with Crippen LogP contribution in [-0.4, -0.2) is 37.2 Å². The number of ether oxygens (including phenoxy) is 1. The van der Waals surface area contributed by atoms with Gasteiger partial charge in [-0.1, -0.05) is 0 Å². The summed E-state index contributed by atoms with van der Waals surface area (Å²) >= 11 is 0.